The molecule has 1 aromatic carbocycles. The van der Waals surface area contributed by atoms with Crippen LogP contribution in [0.25, 0.3) is 11.0 Å². The Labute approximate surface area is 130 Å². The molecule has 0 spiro atoms. The van der Waals surface area contributed by atoms with Crippen LogP contribution in [0.3, 0.4) is 0 Å². The smallest absolute Gasteiger partial charge is 0.178 e. The largest absolute Gasteiger partial charge is 0.331 e. The van der Waals surface area contributed by atoms with E-state index in [4.69, 9.17) is 23.8 Å². The first-order valence-electron chi connectivity index (χ1n) is 7.55. The third kappa shape index (κ3) is 2.79. The van der Waals surface area contributed by atoms with Gasteiger partial charge in [0.25, 0.3) is 0 Å². The summed E-state index contributed by atoms with van der Waals surface area (Å²) in [6.45, 7) is 3.33. The maximum absolute atomic E-state index is 6.12. The van der Waals surface area contributed by atoms with Gasteiger partial charge in [0.05, 0.1) is 11.0 Å². The van der Waals surface area contributed by atoms with Crippen molar-refractivity contribution in [2.45, 2.75) is 45.6 Å². The van der Waals surface area contributed by atoms with Gasteiger partial charge in [0, 0.05) is 11.6 Å². The Balaban J connectivity index is 1.82. The zero-order valence-corrected chi connectivity index (χ0v) is 13.4. The number of imidazole rings is 1. The van der Waals surface area contributed by atoms with Gasteiger partial charge in [-0.15, -0.1) is 0 Å². The van der Waals surface area contributed by atoms with Crippen LogP contribution in [0.1, 0.15) is 39.0 Å². The summed E-state index contributed by atoms with van der Waals surface area (Å²) in [5.74, 6) is 1.69. The summed E-state index contributed by atoms with van der Waals surface area (Å²) >= 11 is 11.6. The minimum absolute atomic E-state index is 0.752. The molecule has 0 aliphatic heterocycles. The number of rotatable bonds is 3. The number of fused-ring (bicyclic) bond motifs is 1. The van der Waals surface area contributed by atoms with Gasteiger partial charge < -0.3 is 9.55 Å². The molecule has 1 fully saturated rings. The first-order valence-corrected chi connectivity index (χ1v) is 8.34. The third-order valence-electron chi connectivity index (χ3n) is 4.72. The number of aromatic amines is 1. The van der Waals surface area contributed by atoms with E-state index in [9.17, 15) is 0 Å². The zero-order chi connectivity index (χ0) is 14.1. The molecule has 0 amide bonds. The van der Waals surface area contributed by atoms with Crippen molar-refractivity contribution in [3.05, 3.63) is 28.0 Å². The fourth-order valence-electron chi connectivity index (χ4n) is 3.39. The van der Waals surface area contributed by atoms with Crippen molar-refractivity contribution in [1.29, 1.82) is 0 Å². The fraction of sp³-hybridized carbons (Fsp3) is 0.562. The Bertz CT molecular complexity index is 650. The van der Waals surface area contributed by atoms with E-state index < -0.39 is 0 Å². The van der Waals surface area contributed by atoms with Crippen LogP contribution in [0.4, 0.5) is 0 Å². The van der Waals surface area contributed by atoms with Crippen molar-refractivity contribution in [3.63, 3.8) is 0 Å². The molecular weight excluding hydrogens is 288 g/mol. The van der Waals surface area contributed by atoms with Crippen molar-refractivity contribution in [3.8, 4) is 0 Å². The van der Waals surface area contributed by atoms with E-state index in [1.807, 2.05) is 18.2 Å². The van der Waals surface area contributed by atoms with Gasteiger partial charge in [-0.2, -0.15) is 0 Å². The molecule has 0 unspecified atom stereocenters. The molecule has 20 heavy (non-hydrogen) atoms. The van der Waals surface area contributed by atoms with Crippen LogP contribution in [0.5, 0.6) is 0 Å². The van der Waals surface area contributed by atoms with Crippen molar-refractivity contribution >= 4 is 34.9 Å². The van der Waals surface area contributed by atoms with Crippen LogP contribution in [0.15, 0.2) is 18.2 Å². The highest BCUT2D eigenvalue weighted by Crippen LogP contribution is 2.32. The second kappa shape index (κ2) is 5.90. The summed E-state index contributed by atoms with van der Waals surface area (Å²) in [7, 11) is 0. The number of halogens is 1. The number of aromatic nitrogens is 2. The molecule has 1 saturated carbocycles. The van der Waals surface area contributed by atoms with Gasteiger partial charge in [-0.25, -0.2) is 0 Å². The third-order valence-corrected chi connectivity index (χ3v) is 5.28. The number of nitrogens with one attached hydrogen (secondary N) is 1. The van der Waals surface area contributed by atoms with Gasteiger partial charge in [-0.05, 0) is 55.1 Å². The summed E-state index contributed by atoms with van der Waals surface area (Å²) in [5.41, 5.74) is 2.22. The average molecular weight is 309 g/mol. The summed E-state index contributed by atoms with van der Waals surface area (Å²) in [6, 6.07) is 5.94. The first kappa shape index (κ1) is 14.2. The van der Waals surface area contributed by atoms with E-state index in [-0.39, 0.29) is 0 Å². The van der Waals surface area contributed by atoms with Crippen LogP contribution in [-0.2, 0) is 6.54 Å². The van der Waals surface area contributed by atoms with Crippen LogP contribution < -0.4 is 0 Å². The Morgan fingerprint density at radius 1 is 1.25 bits per heavy atom. The molecule has 1 aliphatic carbocycles. The van der Waals surface area contributed by atoms with Crippen LogP contribution in [0, 0.1) is 16.6 Å². The molecule has 108 valence electrons. The highest BCUT2D eigenvalue weighted by Gasteiger charge is 2.21. The number of H-pyrrole nitrogens is 1. The van der Waals surface area contributed by atoms with E-state index in [0.29, 0.717) is 0 Å². The SMILES string of the molecule is CCC1CCC(Cn2c(=S)[nH]c3ccc(Cl)cc32)CC1. The van der Waals surface area contributed by atoms with Crippen LogP contribution in [0.2, 0.25) is 5.02 Å². The Morgan fingerprint density at radius 3 is 2.65 bits per heavy atom. The number of benzene rings is 1. The van der Waals surface area contributed by atoms with Crippen molar-refractivity contribution in [1.82, 2.24) is 9.55 Å². The van der Waals surface area contributed by atoms with Gasteiger partial charge in [0.2, 0.25) is 0 Å². The Hall–Kier alpha value is -0.800. The first-order chi connectivity index (χ1) is 9.67. The minimum atomic E-state index is 0.752. The van der Waals surface area contributed by atoms with Gasteiger partial charge in [-0.1, -0.05) is 37.8 Å². The molecule has 1 aliphatic rings. The Morgan fingerprint density at radius 2 is 1.95 bits per heavy atom. The van der Waals surface area contributed by atoms with E-state index >= 15 is 0 Å². The lowest BCUT2D eigenvalue weighted by Crippen LogP contribution is -2.18. The zero-order valence-electron chi connectivity index (χ0n) is 11.9. The molecule has 2 nitrogen and oxygen atoms in total. The fourth-order valence-corrected chi connectivity index (χ4v) is 3.84. The summed E-state index contributed by atoms with van der Waals surface area (Å²) < 4.78 is 3.05. The molecule has 0 atom stereocenters. The van der Waals surface area contributed by atoms with Crippen LogP contribution >= 0.6 is 23.8 Å². The average Bonchev–Trinajstić information content (AvgIpc) is 2.76. The van der Waals surface area contributed by atoms with Gasteiger partial charge in [-0.3, -0.25) is 0 Å². The normalized spacial score (nSPS) is 23.3. The molecule has 0 bridgehead atoms. The lowest BCUT2D eigenvalue weighted by atomic mass is 9.81. The van der Waals surface area contributed by atoms with E-state index in [1.165, 1.54) is 32.1 Å². The molecule has 1 aromatic heterocycles. The molecule has 0 saturated heterocycles. The van der Waals surface area contributed by atoms with E-state index in [1.54, 1.807) is 0 Å². The molecule has 2 aromatic rings. The quantitative estimate of drug-likeness (QED) is 0.735. The van der Waals surface area contributed by atoms with Crippen molar-refractivity contribution in [2.75, 3.05) is 0 Å². The van der Waals surface area contributed by atoms with Gasteiger partial charge in [0.1, 0.15) is 0 Å². The Kier molecular flexibility index (Phi) is 4.18. The van der Waals surface area contributed by atoms with E-state index in [2.05, 4.69) is 16.5 Å². The number of hydrogen-bond donors (Lipinski definition) is 1. The second-order valence-electron chi connectivity index (χ2n) is 6.00. The molecule has 4 heteroatoms. The highest BCUT2D eigenvalue weighted by atomic mass is 35.5. The second-order valence-corrected chi connectivity index (χ2v) is 6.82. The van der Waals surface area contributed by atoms with Crippen molar-refractivity contribution < 1.29 is 0 Å². The molecule has 1 N–H and O–H groups in total. The monoisotopic (exact) mass is 308 g/mol. The predicted molar refractivity (Wildman–Crippen MR) is 87.9 cm³/mol. The molecular formula is C16H21ClN2S. The standard InChI is InChI=1S/C16H21ClN2S/c1-2-11-3-5-12(6-4-11)10-19-15-9-13(17)7-8-14(15)18-16(19)20/h7-9,11-12H,2-6,10H2,1H3,(H,18,20). The van der Waals surface area contributed by atoms with Crippen LogP contribution in [-0.4, -0.2) is 9.55 Å². The van der Waals surface area contributed by atoms with Crippen molar-refractivity contribution in [2.24, 2.45) is 11.8 Å². The number of nitrogens with zero attached hydrogens (tertiary/aromatic N) is 1. The molecule has 1 heterocycles. The molecule has 3 rings (SSSR count). The summed E-state index contributed by atoms with van der Waals surface area (Å²) in [4.78, 5) is 3.28. The highest BCUT2D eigenvalue weighted by molar-refractivity contribution is 7.71. The minimum Gasteiger partial charge on any atom is -0.331 e. The number of hydrogen-bond acceptors (Lipinski definition) is 1. The maximum Gasteiger partial charge on any atom is 0.178 e. The lowest BCUT2D eigenvalue weighted by Gasteiger charge is -2.28. The van der Waals surface area contributed by atoms with E-state index in [0.717, 1.165) is 39.2 Å². The summed E-state index contributed by atoms with van der Waals surface area (Å²) in [6.07, 6.45) is 6.73. The molecule has 0 radical (unpaired) electrons. The maximum atomic E-state index is 6.12. The predicted octanol–water partition coefficient (Wildman–Crippen LogP) is 5.57. The lowest BCUT2D eigenvalue weighted by molar-refractivity contribution is 0.248. The summed E-state index contributed by atoms with van der Waals surface area (Å²) in [5, 5.41) is 0.773. The topological polar surface area (TPSA) is 20.7 Å². The van der Waals surface area contributed by atoms with Gasteiger partial charge in [0.15, 0.2) is 4.77 Å². The van der Waals surface area contributed by atoms with Gasteiger partial charge >= 0.3 is 0 Å².